The molecule has 0 aromatic carbocycles. The van der Waals surface area contributed by atoms with Gasteiger partial charge in [0.1, 0.15) is 0 Å². The summed E-state index contributed by atoms with van der Waals surface area (Å²) >= 11 is 0. The fourth-order valence-electron chi connectivity index (χ4n) is 1.10. The second kappa shape index (κ2) is 5.23. The van der Waals surface area contributed by atoms with E-state index < -0.39 is 5.95 Å². The first-order valence-corrected chi connectivity index (χ1v) is 5.40. The monoisotopic (exact) mass is 239 g/mol. The van der Waals surface area contributed by atoms with Gasteiger partial charge in [0.2, 0.25) is 5.95 Å². The van der Waals surface area contributed by atoms with Crippen molar-refractivity contribution in [2.75, 3.05) is 20.6 Å². The van der Waals surface area contributed by atoms with E-state index in [1.54, 1.807) is 0 Å². The van der Waals surface area contributed by atoms with Gasteiger partial charge in [0, 0.05) is 29.9 Å². The number of carbonyl (C=O) groups excluding carboxylic acids is 1. The first-order chi connectivity index (χ1) is 7.83. The molecule has 4 nitrogen and oxygen atoms in total. The van der Waals surface area contributed by atoms with Crippen LogP contribution in [0.2, 0.25) is 0 Å². The van der Waals surface area contributed by atoms with E-state index in [4.69, 9.17) is 0 Å². The fraction of sp³-hybridized carbons (Fsp3) is 0.500. The van der Waals surface area contributed by atoms with Gasteiger partial charge in [0.25, 0.3) is 5.91 Å². The van der Waals surface area contributed by atoms with E-state index in [9.17, 15) is 9.18 Å². The van der Waals surface area contributed by atoms with Crippen LogP contribution in [-0.2, 0) is 0 Å². The van der Waals surface area contributed by atoms with Crippen LogP contribution < -0.4 is 5.32 Å². The lowest BCUT2D eigenvalue weighted by Gasteiger charge is -2.32. The first kappa shape index (κ1) is 13.6. The Labute approximate surface area is 101 Å². The molecule has 0 fully saturated rings. The number of hydrogen-bond acceptors (Lipinski definition) is 3. The van der Waals surface area contributed by atoms with Gasteiger partial charge in [-0.3, -0.25) is 4.79 Å². The third-order valence-corrected chi connectivity index (χ3v) is 2.88. The number of nitrogens with one attached hydrogen (secondary N) is 1. The van der Waals surface area contributed by atoms with E-state index in [0.717, 1.165) is 6.07 Å². The molecule has 0 bridgehead atoms. The smallest absolute Gasteiger partial charge is 0.251 e. The maximum Gasteiger partial charge on any atom is 0.251 e. The molecule has 0 saturated carbocycles. The van der Waals surface area contributed by atoms with Crippen molar-refractivity contribution in [3.8, 4) is 0 Å². The predicted octanol–water partition coefficient (Wildman–Crippen LogP) is 1.29. The minimum absolute atomic E-state index is 0.152. The van der Waals surface area contributed by atoms with Crippen LogP contribution in [0.15, 0.2) is 18.3 Å². The van der Waals surface area contributed by atoms with Crippen LogP contribution in [0.25, 0.3) is 0 Å². The van der Waals surface area contributed by atoms with Gasteiger partial charge in [0.15, 0.2) is 0 Å². The second-order valence-corrected chi connectivity index (χ2v) is 4.76. The van der Waals surface area contributed by atoms with Crippen molar-refractivity contribution in [1.82, 2.24) is 15.2 Å². The number of likely N-dealkylation sites (N-methyl/N-ethyl adjacent to an activating group) is 1. The molecule has 0 atom stereocenters. The Morgan fingerprint density at radius 1 is 1.53 bits per heavy atom. The Morgan fingerprint density at radius 3 is 2.71 bits per heavy atom. The Hall–Kier alpha value is -1.49. The Kier molecular flexibility index (Phi) is 4.17. The molecule has 1 amide bonds. The lowest BCUT2D eigenvalue weighted by molar-refractivity contribution is 0.0919. The molecule has 0 aliphatic heterocycles. The number of nitrogens with zero attached hydrogens (tertiary/aromatic N) is 2. The quantitative estimate of drug-likeness (QED) is 0.805. The highest BCUT2D eigenvalue weighted by molar-refractivity contribution is 5.94. The van der Waals surface area contributed by atoms with Crippen LogP contribution in [0.4, 0.5) is 4.39 Å². The molecule has 0 aliphatic rings. The van der Waals surface area contributed by atoms with Crippen molar-refractivity contribution >= 4 is 5.91 Å². The molecular weight excluding hydrogens is 221 g/mol. The van der Waals surface area contributed by atoms with Crippen molar-refractivity contribution < 1.29 is 9.18 Å². The number of rotatable bonds is 4. The highest BCUT2D eigenvalue weighted by Gasteiger charge is 2.21. The zero-order valence-electron chi connectivity index (χ0n) is 10.6. The molecule has 0 spiro atoms. The van der Waals surface area contributed by atoms with E-state index >= 15 is 0 Å². The average molecular weight is 239 g/mol. The van der Waals surface area contributed by atoms with Crippen LogP contribution in [0, 0.1) is 5.95 Å². The lowest BCUT2D eigenvalue weighted by Crippen LogP contribution is -2.48. The van der Waals surface area contributed by atoms with Crippen LogP contribution in [0.3, 0.4) is 0 Å². The van der Waals surface area contributed by atoms with Crippen molar-refractivity contribution in [1.29, 1.82) is 0 Å². The Balaban J connectivity index is 2.62. The fourth-order valence-corrected chi connectivity index (χ4v) is 1.10. The summed E-state index contributed by atoms with van der Waals surface area (Å²) in [7, 11) is 3.89. The van der Waals surface area contributed by atoms with Gasteiger partial charge >= 0.3 is 0 Å². The van der Waals surface area contributed by atoms with Gasteiger partial charge in [-0.2, -0.15) is 4.39 Å². The summed E-state index contributed by atoms with van der Waals surface area (Å²) in [4.78, 5) is 17.2. The van der Waals surface area contributed by atoms with Gasteiger partial charge in [-0.15, -0.1) is 0 Å². The van der Waals surface area contributed by atoms with Crippen LogP contribution in [0.5, 0.6) is 0 Å². The summed E-state index contributed by atoms with van der Waals surface area (Å²) in [6.07, 6.45) is 1.28. The summed E-state index contributed by atoms with van der Waals surface area (Å²) in [5.41, 5.74) is 0.133. The Morgan fingerprint density at radius 2 is 2.18 bits per heavy atom. The Bertz CT molecular complexity index is 404. The third kappa shape index (κ3) is 3.78. The van der Waals surface area contributed by atoms with E-state index in [1.165, 1.54) is 12.3 Å². The molecule has 1 N–H and O–H groups in total. The summed E-state index contributed by atoms with van der Waals surface area (Å²) in [5.74, 6) is -0.939. The third-order valence-electron chi connectivity index (χ3n) is 2.88. The minimum atomic E-state index is -0.649. The normalized spacial score (nSPS) is 11.6. The zero-order chi connectivity index (χ0) is 13.1. The van der Waals surface area contributed by atoms with Gasteiger partial charge in [-0.1, -0.05) is 0 Å². The number of amides is 1. The number of hydrogen-bond donors (Lipinski definition) is 1. The molecule has 0 unspecified atom stereocenters. The van der Waals surface area contributed by atoms with Crippen molar-refractivity contribution in [2.24, 2.45) is 0 Å². The van der Waals surface area contributed by atoms with Crippen LogP contribution in [0.1, 0.15) is 24.2 Å². The molecule has 1 aromatic heterocycles. The lowest BCUT2D eigenvalue weighted by atomic mass is 10.0. The molecule has 1 heterocycles. The molecule has 1 aromatic rings. The largest absolute Gasteiger partial charge is 0.350 e. The van der Waals surface area contributed by atoms with Crippen LogP contribution >= 0.6 is 0 Å². The SMILES string of the molecule is CN(C)C(C)(C)CNC(=O)c1ccnc(F)c1. The average Bonchev–Trinajstić information content (AvgIpc) is 2.25. The number of pyridine rings is 1. The molecule has 0 radical (unpaired) electrons. The molecule has 94 valence electrons. The minimum Gasteiger partial charge on any atom is -0.350 e. The maximum absolute atomic E-state index is 12.8. The van der Waals surface area contributed by atoms with Gasteiger partial charge < -0.3 is 10.2 Å². The number of aromatic nitrogens is 1. The summed E-state index contributed by atoms with van der Waals surface area (Å²) in [6, 6.07) is 2.61. The van der Waals surface area contributed by atoms with E-state index in [0.29, 0.717) is 6.54 Å². The van der Waals surface area contributed by atoms with Crippen molar-refractivity contribution in [3.05, 3.63) is 29.8 Å². The van der Waals surface area contributed by atoms with Crippen LogP contribution in [-0.4, -0.2) is 42.0 Å². The molecule has 1 rings (SSSR count). The zero-order valence-corrected chi connectivity index (χ0v) is 10.6. The summed E-state index contributed by atoms with van der Waals surface area (Å²) < 4.78 is 12.8. The molecule has 5 heteroatoms. The highest BCUT2D eigenvalue weighted by atomic mass is 19.1. The standard InChI is InChI=1S/C12H18FN3O/c1-12(2,16(3)4)8-15-11(17)9-5-6-14-10(13)7-9/h5-7H,8H2,1-4H3,(H,15,17). The molecular formula is C12H18FN3O. The molecule has 0 saturated heterocycles. The van der Waals surface area contributed by atoms with E-state index in [-0.39, 0.29) is 17.0 Å². The highest BCUT2D eigenvalue weighted by Crippen LogP contribution is 2.08. The predicted molar refractivity (Wildman–Crippen MR) is 64.3 cm³/mol. The summed E-state index contributed by atoms with van der Waals surface area (Å²) in [5, 5.41) is 2.77. The molecule has 17 heavy (non-hydrogen) atoms. The van der Waals surface area contributed by atoms with Gasteiger partial charge in [-0.25, -0.2) is 4.98 Å². The number of carbonyl (C=O) groups is 1. The topological polar surface area (TPSA) is 45.2 Å². The summed E-state index contributed by atoms with van der Waals surface area (Å²) in [6.45, 7) is 4.52. The van der Waals surface area contributed by atoms with Gasteiger partial charge in [-0.05, 0) is 34.0 Å². The number of halogens is 1. The first-order valence-electron chi connectivity index (χ1n) is 5.40. The van der Waals surface area contributed by atoms with Gasteiger partial charge in [0.05, 0.1) is 0 Å². The van der Waals surface area contributed by atoms with Crippen molar-refractivity contribution in [3.63, 3.8) is 0 Å². The maximum atomic E-state index is 12.8. The van der Waals surface area contributed by atoms with Crippen molar-refractivity contribution in [2.45, 2.75) is 19.4 Å². The van der Waals surface area contributed by atoms with E-state index in [2.05, 4.69) is 10.3 Å². The van der Waals surface area contributed by atoms with E-state index in [1.807, 2.05) is 32.8 Å². The second-order valence-electron chi connectivity index (χ2n) is 4.76. The molecule has 0 aliphatic carbocycles.